The molecule has 2 aliphatic heterocycles. The second-order valence-corrected chi connectivity index (χ2v) is 12.6. The number of aromatic nitrogens is 2. The van der Waals surface area contributed by atoms with Crippen LogP contribution in [0.25, 0.3) is 10.8 Å². The van der Waals surface area contributed by atoms with Gasteiger partial charge in [-0.25, -0.2) is 19.0 Å². The third-order valence-electron chi connectivity index (χ3n) is 7.80. The SMILES string of the molecule is COc1cc(S(=N)(=O)C2COC2)ccc1Nc1cc2c(C#Cc3ccc4c(c3)NC(=O)C43CC3)nccc2cn1. The van der Waals surface area contributed by atoms with Crippen LogP contribution in [0.2, 0.25) is 0 Å². The maximum absolute atomic E-state index is 13.0. The summed E-state index contributed by atoms with van der Waals surface area (Å²) in [6, 6.07) is 14.7. The third kappa shape index (κ3) is 3.97. The van der Waals surface area contributed by atoms with Gasteiger partial charge in [0.25, 0.3) is 0 Å². The fraction of sp³-hybridized carbons (Fsp3) is 0.233. The second kappa shape index (κ2) is 9.05. The van der Waals surface area contributed by atoms with Crippen molar-refractivity contribution >= 4 is 43.6 Å². The van der Waals surface area contributed by atoms with E-state index in [0.29, 0.717) is 41.1 Å². The highest BCUT2D eigenvalue weighted by Gasteiger charge is 2.56. The summed E-state index contributed by atoms with van der Waals surface area (Å²) < 4.78 is 32.1. The minimum Gasteiger partial charge on any atom is -0.495 e. The second-order valence-electron chi connectivity index (χ2n) is 10.2. The van der Waals surface area contributed by atoms with E-state index in [1.165, 1.54) is 7.11 Å². The molecule has 1 unspecified atom stereocenters. The molecule has 7 rings (SSSR count). The molecule has 1 spiro atoms. The molecule has 2 aromatic heterocycles. The van der Waals surface area contributed by atoms with Crippen molar-refractivity contribution in [2.45, 2.75) is 28.4 Å². The van der Waals surface area contributed by atoms with Gasteiger partial charge in [-0.3, -0.25) is 4.79 Å². The molecule has 1 saturated carbocycles. The zero-order valence-corrected chi connectivity index (χ0v) is 22.4. The average molecular weight is 552 g/mol. The molecule has 1 amide bonds. The Balaban J connectivity index is 1.18. The molecule has 0 radical (unpaired) electrons. The Bertz CT molecular complexity index is 1890. The summed E-state index contributed by atoms with van der Waals surface area (Å²) in [5.74, 6) is 7.48. The van der Waals surface area contributed by atoms with Crippen molar-refractivity contribution in [3.63, 3.8) is 0 Å². The first kappa shape index (κ1) is 24.6. The molecule has 1 atom stereocenters. The third-order valence-corrected chi connectivity index (χ3v) is 9.97. The summed E-state index contributed by atoms with van der Waals surface area (Å²) in [6.07, 6.45) is 5.25. The Hall–Kier alpha value is -4.46. The lowest BCUT2D eigenvalue weighted by atomic mass is 9.97. The molecule has 2 fully saturated rings. The molecule has 9 nitrogen and oxygen atoms in total. The maximum Gasteiger partial charge on any atom is 0.235 e. The molecule has 10 heteroatoms. The van der Waals surface area contributed by atoms with E-state index >= 15 is 0 Å². The first-order chi connectivity index (χ1) is 19.4. The van der Waals surface area contributed by atoms with Crippen molar-refractivity contribution in [1.29, 1.82) is 4.78 Å². The van der Waals surface area contributed by atoms with E-state index in [1.54, 1.807) is 30.6 Å². The van der Waals surface area contributed by atoms with Crippen molar-refractivity contribution in [3.8, 4) is 17.6 Å². The number of fused-ring (bicyclic) bond motifs is 3. The van der Waals surface area contributed by atoms with Crippen LogP contribution in [0.4, 0.5) is 17.2 Å². The van der Waals surface area contributed by atoms with Gasteiger partial charge in [0.05, 0.1) is 51.3 Å². The number of nitrogens with one attached hydrogen (secondary N) is 3. The van der Waals surface area contributed by atoms with Crippen molar-refractivity contribution in [2.24, 2.45) is 0 Å². The van der Waals surface area contributed by atoms with Gasteiger partial charge in [-0.1, -0.05) is 12.0 Å². The Morgan fingerprint density at radius 2 is 1.98 bits per heavy atom. The predicted molar refractivity (Wildman–Crippen MR) is 152 cm³/mol. The molecule has 3 N–H and O–H groups in total. The van der Waals surface area contributed by atoms with Gasteiger partial charge in [-0.2, -0.15) is 0 Å². The lowest BCUT2D eigenvalue weighted by Crippen LogP contribution is -2.40. The molecular weight excluding hydrogens is 526 g/mol. The van der Waals surface area contributed by atoms with Crippen LogP contribution >= 0.6 is 0 Å². The van der Waals surface area contributed by atoms with Crippen molar-refractivity contribution in [2.75, 3.05) is 31.0 Å². The average Bonchev–Trinajstić information content (AvgIpc) is 3.68. The number of ether oxygens (including phenoxy) is 2. The van der Waals surface area contributed by atoms with Gasteiger partial charge < -0.3 is 20.1 Å². The van der Waals surface area contributed by atoms with Crippen LogP contribution in [0, 0.1) is 16.6 Å². The number of hydrogen-bond donors (Lipinski definition) is 3. The minimum atomic E-state index is -2.99. The molecule has 200 valence electrons. The molecule has 0 bridgehead atoms. The van der Waals surface area contributed by atoms with Crippen LogP contribution in [0.1, 0.15) is 29.7 Å². The first-order valence-electron chi connectivity index (χ1n) is 12.9. The lowest BCUT2D eigenvalue weighted by Gasteiger charge is -2.28. The van der Waals surface area contributed by atoms with Gasteiger partial charge in [0, 0.05) is 34.4 Å². The van der Waals surface area contributed by atoms with E-state index in [9.17, 15) is 9.00 Å². The summed E-state index contributed by atoms with van der Waals surface area (Å²) in [6.45, 7) is 0.656. The van der Waals surface area contributed by atoms with Crippen molar-refractivity contribution in [3.05, 3.63) is 77.7 Å². The zero-order valence-electron chi connectivity index (χ0n) is 21.6. The van der Waals surface area contributed by atoms with Crippen molar-refractivity contribution < 1.29 is 18.5 Å². The fourth-order valence-electron chi connectivity index (χ4n) is 5.19. The fourth-order valence-corrected chi connectivity index (χ4v) is 6.71. The number of rotatable bonds is 5. The largest absolute Gasteiger partial charge is 0.495 e. The van der Waals surface area contributed by atoms with Crippen LogP contribution in [-0.4, -0.2) is 45.7 Å². The van der Waals surface area contributed by atoms with Gasteiger partial charge >= 0.3 is 0 Å². The molecule has 2 aromatic carbocycles. The summed E-state index contributed by atoms with van der Waals surface area (Å²) in [5.41, 5.74) is 3.63. The van der Waals surface area contributed by atoms with Crippen LogP contribution in [0.5, 0.6) is 5.75 Å². The molecule has 4 heterocycles. The van der Waals surface area contributed by atoms with Gasteiger partial charge in [0.2, 0.25) is 5.91 Å². The van der Waals surface area contributed by atoms with E-state index in [2.05, 4.69) is 32.4 Å². The smallest absolute Gasteiger partial charge is 0.235 e. The van der Waals surface area contributed by atoms with Crippen LogP contribution in [0.3, 0.4) is 0 Å². The normalized spacial score (nSPS) is 18.2. The minimum absolute atomic E-state index is 0.0865. The molecule has 3 aliphatic rings. The number of methoxy groups -OCH3 is 1. The number of anilines is 3. The number of hydrogen-bond acceptors (Lipinski definition) is 8. The number of pyridine rings is 2. The van der Waals surface area contributed by atoms with Crippen LogP contribution < -0.4 is 15.4 Å². The number of carbonyl (C=O) groups excluding carboxylic acids is 1. The Morgan fingerprint density at radius 3 is 2.73 bits per heavy atom. The predicted octanol–water partition coefficient (Wildman–Crippen LogP) is 4.57. The molecule has 1 aliphatic carbocycles. The lowest BCUT2D eigenvalue weighted by molar-refractivity contribution is -0.117. The maximum atomic E-state index is 13.0. The standard InChI is InChI=1S/C30H25N5O4S/c1-38-27-13-20(40(31,37)21-16-39-17-21)4-7-25(27)34-28-14-22-19(15-33-28)8-11-32-24(22)6-3-18-2-5-23-26(12-18)35-29(36)30(23)9-10-30/h2,4-5,7-8,11-15,21,31H,9-10,16-17H2,1H3,(H,33,34)(H,35,36). The van der Waals surface area contributed by atoms with Gasteiger partial charge in [0.15, 0.2) is 0 Å². The van der Waals surface area contributed by atoms with Crippen LogP contribution in [0.15, 0.2) is 65.8 Å². The number of carbonyl (C=O) groups is 1. The zero-order chi connectivity index (χ0) is 27.5. The highest BCUT2D eigenvalue weighted by molar-refractivity contribution is 7.93. The van der Waals surface area contributed by atoms with E-state index in [1.807, 2.05) is 30.3 Å². The number of nitrogens with zero attached hydrogens (tertiary/aromatic N) is 2. The topological polar surface area (TPSA) is 126 Å². The van der Waals surface area contributed by atoms with Gasteiger partial charge in [-0.15, -0.1) is 0 Å². The van der Waals surface area contributed by atoms with Gasteiger partial charge in [0.1, 0.15) is 17.3 Å². The van der Waals surface area contributed by atoms with E-state index in [-0.39, 0.29) is 16.6 Å². The number of amides is 1. The Labute approximate surface area is 231 Å². The first-order valence-corrected chi connectivity index (χ1v) is 14.5. The van der Waals surface area contributed by atoms with E-state index in [4.69, 9.17) is 14.3 Å². The summed E-state index contributed by atoms with van der Waals surface area (Å²) in [5, 5.41) is 7.67. The Morgan fingerprint density at radius 1 is 1.12 bits per heavy atom. The highest BCUT2D eigenvalue weighted by atomic mass is 32.2. The molecule has 40 heavy (non-hydrogen) atoms. The molecule has 4 aromatic rings. The van der Waals surface area contributed by atoms with Crippen LogP contribution in [-0.2, 0) is 24.7 Å². The monoisotopic (exact) mass is 551 g/mol. The van der Waals surface area contributed by atoms with Crippen molar-refractivity contribution in [1.82, 2.24) is 9.97 Å². The quantitative estimate of drug-likeness (QED) is 0.310. The Kier molecular flexibility index (Phi) is 5.56. The summed E-state index contributed by atoms with van der Waals surface area (Å²) in [4.78, 5) is 21.8. The van der Waals surface area contributed by atoms with Gasteiger partial charge in [-0.05, 0) is 66.8 Å². The summed E-state index contributed by atoms with van der Waals surface area (Å²) >= 11 is 0. The van der Waals surface area contributed by atoms with E-state index < -0.39 is 9.73 Å². The highest BCUT2D eigenvalue weighted by Crippen LogP contribution is 2.55. The molecule has 1 saturated heterocycles. The molecular formula is C30H25N5O4S. The van der Waals surface area contributed by atoms with E-state index in [0.717, 1.165) is 40.4 Å². The number of benzene rings is 2. The summed E-state index contributed by atoms with van der Waals surface area (Å²) in [7, 11) is -1.46.